The molecule has 186 valence electrons. The molecule has 1 aliphatic rings. The van der Waals surface area contributed by atoms with E-state index in [2.05, 4.69) is 27.7 Å². The number of methoxy groups -OCH3 is 1. The Hall–Kier alpha value is -0.280. The lowest BCUT2D eigenvalue weighted by Crippen LogP contribution is -2.52. The zero-order valence-corrected chi connectivity index (χ0v) is 20.6. The van der Waals surface area contributed by atoms with Crippen molar-refractivity contribution in [1.82, 2.24) is 0 Å². The first kappa shape index (κ1) is 28.8. The Kier molecular flexibility index (Phi) is 16.9. The van der Waals surface area contributed by atoms with E-state index in [0.717, 1.165) is 51.4 Å². The average Bonchev–Trinajstić information content (AvgIpc) is 2.87. The lowest BCUT2D eigenvalue weighted by atomic mass is 9.99. The number of hydrogen-bond donors (Lipinski definition) is 1. The summed E-state index contributed by atoms with van der Waals surface area (Å²) in [4.78, 5) is 0. The minimum Gasteiger partial charge on any atom is -0.385 e. The molecular formula is C24H48O7. The molecule has 0 bridgehead atoms. The molecule has 31 heavy (non-hydrogen) atoms. The monoisotopic (exact) mass is 448 g/mol. The highest BCUT2D eigenvalue weighted by molar-refractivity contribution is 4.94. The van der Waals surface area contributed by atoms with Crippen molar-refractivity contribution < 1.29 is 33.5 Å². The molecule has 1 N–H and O–H groups in total. The normalized spacial score (nSPS) is 29.2. The summed E-state index contributed by atoms with van der Waals surface area (Å²) in [5, 5.41) is 11.1. The second kappa shape index (κ2) is 18.2. The summed E-state index contributed by atoms with van der Waals surface area (Å²) in [6.45, 7) is 11.3. The predicted molar refractivity (Wildman–Crippen MR) is 121 cm³/mol. The Morgan fingerprint density at radius 1 is 0.677 bits per heavy atom. The standard InChI is InChI=1S/C24H48O7/c1-6-10-14-27-18-19-21(28-15-11-7-2)23(30-17-13-9-4)22(29-16-12-8-3)20(25)24(26-5)31-19/h19-25H,6-18H2,1-5H3/t19-,20-,21-,22+,23+,24-/m1/s1. The van der Waals surface area contributed by atoms with Crippen LogP contribution in [-0.4, -0.2) is 82.1 Å². The number of ether oxygens (including phenoxy) is 6. The van der Waals surface area contributed by atoms with Gasteiger partial charge in [-0.1, -0.05) is 53.4 Å². The summed E-state index contributed by atoms with van der Waals surface area (Å²) in [6.07, 6.45) is 4.22. The van der Waals surface area contributed by atoms with Crippen LogP contribution < -0.4 is 0 Å². The summed E-state index contributed by atoms with van der Waals surface area (Å²) < 4.78 is 36.4. The first-order valence-corrected chi connectivity index (χ1v) is 12.4. The van der Waals surface area contributed by atoms with Crippen LogP contribution in [0.4, 0.5) is 0 Å². The second-order valence-corrected chi connectivity index (χ2v) is 8.26. The van der Waals surface area contributed by atoms with Gasteiger partial charge < -0.3 is 33.5 Å². The number of rotatable bonds is 18. The maximum atomic E-state index is 11.1. The molecule has 7 nitrogen and oxygen atoms in total. The zero-order valence-electron chi connectivity index (χ0n) is 20.6. The van der Waals surface area contributed by atoms with Gasteiger partial charge in [-0.15, -0.1) is 0 Å². The van der Waals surface area contributed by atoms with E-state index in [4.69, 9.17) is 28.4 Å². The molecule has 1 rings (SSSR count). The van der Waals surface area contributed by atoms with Gasteiger partial charge in [0.05, 0.1) is 6.61 Å². The number of unbranched alkanes of at least 4 members (excludes halogenated alkanes) is 4. The van der Waals surface area contributed by atoms with Crippen molar-refractivity contribution in [3.63, 3.8) is 0 Å². The Balaban J connectivity index is 3.12. The van der Waals surface area contributed by atoms with Gasteiger partial charge in [0.2, 0.25) is 0 Å². The fourth-order valence-corrected chi connectivity index (χ4v) is 3.53. The van der Waals surface area contributed by atoms with Crippen LogP contribution >= 0.6 is 0 Å². The molecule has 6 atom stereocenters. The molecule has 0 aromatic heterocycles. The third kappa shape index (κ3) is 10.5. The Morgan fingerprint density at radius 3 is 1.68 bits per heavy atom. The molecule has 0 radical (unpaired) electrons. The van der Waals surface area contributed by atoms with Crippen LogP contribution in [0.15, 0.2) is 0 Å². The van der Waals surface area contributed by atoms with Crippen LogP contribution in [0.5, 0.6) is 0 Å². The minimum atomic E-state index is -0.980. The summed E-state index contributed by atoms with van der Waals surface area (Å²) in [5.41, 5.74) is 0. The van der Waals surface area contributed by atoms with Crippen molar-refractivity contribution in [3.8, 4) is 0 Å². The second-order valence-electron chi connectivity index (χ2n) is 8.26. The molecule has 0 amide bonds. The van der Waals surface area contributed by atoms with Crippen LogP contribution in [0.2, 0.25) is 0 Å². The van der Waals surface area contributed by atoms with Gasteiger partial charge in [-0.2, -0.15) is 0 Å². The maximum absolute atomic E-state index is 11.1. The third-order valence-corrected chi connectivity index (χ3v) is 5.52. The lowest BCUT2D eigenvalue weighted by molar-refractivity contribution is -0.229. The van der Waals surface area contributed by atoms with Gasteiger partial charge in [0.1, 0.15) is 30.5 Å². The zero-order chi connectivity index (χ0) is 22.9. The largest absolute Gasteiger partial charge is 0.385 e. The van der Waals surface area contributed by atoms with Gasteiger partial charge in [-0.25, -0.2) is 0 Å². The summed E-state index contributed by atoms with van der Waals surface area (Å²) in [7, 11) is 1.54. The smallest absolute Gasteiger partial charge is 0.186 e. The molecule has 7 heteroatoms. The Morgan fingerprint density at radius 2 is 1.16 bits per heavy atom. The van der Waals surface area contributed by atoms with Crippen molar-refractivity contribution in [2.24, 2.45) is 0 Å². The molecule has 1 fully saturated rings. The van der Waals surface area contributed by atoms with Gasteiger partial charge in [-0.05, 0) is 25.7 Å². The predicted octanol–water partition coefficient (Wildman–Crippen LogP) is 4.09. The number of hydrogen-bond acceptors (Lipinski definition) is 7. The van der Waals surface area contributed by atoms with Gasteiger partial charge in [-0.3, -0.25) is 0 Å². The Bertz CT molecular complexity index is 409. The van der Waals surface area contributed by atoms with Crippen molar-refractivity contribution in [2.75, 3.05) is 40.1 Å². The Labute approximate surface area is 190 Å². The van der Waals surface area contributed by atoms with Gasteiger partial charge >= 0.3 is 0 Å². The molecule has 0 spiro atoms. The van der Waals surface area contributed by atoms with E-state index in [9.17, 15) is 5.11 Å². The van der Waals surface area contributed by atoms with Crippen molar-refractivity contribution in [3.05, 3.63) is 0 Å². The molecule has 0 aromatic rings. The summed E-state index contributed by atoms with van der Waals surface area (Å²) in [6, 6.07) is 0. The number of aliphatic hydroxyl groups excluding tert-OH is 1. The molecule has 0 aromatic carbocycles. The number of aliphatic hydroxyl groups is 1. The van der Waals surface area contributed by atoms with Crippen LogP contribution in [-0.2, 0) is 28.4 Å². The molecule has 0 unspecified atom stereocenters. The first-order chi connectivity index (χ1) is 15.1. The van der Waals surface area contributed by atoms with E-state index in [1.165, 1.54) is 7.11 Å². The quantitative estimate of drug-likeness (QED) is 0.317. The summed E-state index contributed by atoms with van der Waals surface area (Å²) in [5.74, 6) is 0. The van der Waals surface area contributed by atoms with E-state index in [-0.39, 0.29) is 0 Å². The molecule has 0 saturated carbocycles. The van der Waals surface area contributed by atoms with Crippen molar-refractivity contribution >= 4 is 0 Å². The third-order valence-electron chi connectivity index (χ3n) is 5.52. The van der Waals surface area contributed by atoms with E-state index in [1.54, 1.807) is 0 Å². The fourth-order valence-electron chi connectivity index (χ4n) is 3.53. The highest BCUT2D eigenvalue weighted by Gasteiger charge is 2.48. The first-order valence-electron chi connectivity index (χ1n) is 12.4. The minimum absolute atomic E-state index is 0.360. The molecule has 0 aliphatic carbocycles. The van der Waals surface area contributed by atoms with E-state index in [1.807, 2.05) is 0 Å². The van der Waals surface area contributed by atoms with Crippen LogP contribution in [0.1, 0.15) is 79.1 Å². The van der Waals surface area contributed by atoms with Crippen molar-refractivity contribution in [2.45, 2.75) is 116 Å². The highest BCUT2D eigenvalue weighted by atomic mass is 16.7. The average molecular weight is 449 g/mol. The van der Waals surface area contributed by atoms with E-state index >= 15 is 0 Å². The molecule has 1 aliphatic heterocycles. The highest BCUT2D eigenvalue weighted by Crippen LogP contribution is 2.29. The molecule has 1 heterocycles. The SMILES string of the molecule is CCCCOC[C@H]1O[C@@H](OC)[C@H](O)[C@H](OCCCC)[C@@H](OCCCC)[C@@H]1OCCCC. The van der Waals surface area contributed by atoms with Gasteiger partial charge in [0, 0.05) is 33.5 Å². The van der Waals surface area contributed by atoms with Crippen molar-refractivity contribution in [1.29, 1.82) is 0 Å². The fraction of sp³-hybridized carbons (Fsp3) is 1.00. The summed E-state index contributed by atoms with van der Waals surface area (Å²) >= 11 is 0. The van der Waals surface area contributed by atoms with Crippen LogP contribution in [0, 0.1) is 0 Å². The van der Waals surface area contributed by atoms with Crippen LogP contribution in [0.25, 0.3) is 0 Å². The molecular weight excluding hydrogens is 400 g/mol. The van der Waals surface area contributed by atoms with Gasteiger partial charge in [0.15, 0.2) is 6.29 Å². The van der Waals surface area contributed by atoms with E-state index < -0.39 is 36.8 Å². The van der Waals surface area contributed by atoms with Gasteiger partial charge in [0.25, 0.3) is 0 Å². The lowest BCUT2D eigenvalue weighted by Gasteiger charge is -2.35. The maximum Gasteiger partial charge on any atom is 0.186 e. The van der Waals surface area contributed by atoms with Crippen LogP contribution in [0.3, 0.4) is 0 Å². The topological polar surface area (TPSA) is 75.6 Å². The van der Waals surface area contributed by atoms with E-state index in [0.29, 0.717) is 33.0 Å². The molecule has 1 saturated heterocycles.